The molecule has 116 valence electrons. The summed E-state index contributed by atoms with van der Waals surface area (Å²) in [6, 6.07) is 4.19. The fourth-order valence-electron chi connectivity index (χ4n) is 2.40. The van der Waals surface area contributed by atoms with Gasteiger partial charge in [0.1, 0.15) is 5.69 Å². The van der Waals surface area contributed by atoms with Crippen molar-refractivity contribution in [1.29, 1.82) is 0 Å². The molecule has 4 heteroatoms. The number of benzene rings is 1. The molecule has 0 radical (unpaired) electrons. The quantitative estimate of drug-likeness (QED) is 0.704. The molecule has 2 N–H and O–H groups in total. The zero-order valence-corrected chi connectivity index (χ0v) is 14.2. The van der Waals surface area contributed by atoms with Gasteiger partial charge in [0.15, 0.2) is 5.82 Å². The van der Waals surface area contributed by atoms with Gasteiger partial charge < -0.3 is 4.98 Å². The number of fused-ring (bicyclic) bond motifs is 1. The first-order chi connectivity index (χ1) is 10.6. The average molecular weight is 296 g/mol. The summed E-state index contributed by atoms with van der Waals surface area (Å²) < 4.78 is 0. The molecule has 0 aliphatic heterocycles. The number of allylic oxidation sites excluding steroid dienone is 1. The highest BCUT2D eigenvalue weighted by atomic mass is 15.1. The molecule has 3 rings (SSSR count). The van der Waals surface area contributed by atoms with Crippen LogP contribution in [0.5, 0.6) is 0 Å². The molecule has 2 aromatic heterocycles. The zero-order chi connectivity index (χ0) is 16.3. The van der Waals surface area contributed by atoms with E-state index in [0.717, 1.165) is 33.8 Å². The number of aryl methyl sites for hydroxylation is 2. The molecule has 0 spiro atoms. The number of hydrogen-bond acceptors (Lipinski definition) is 2. The van der Waals surface area contributed by atoms with Crippen LogP contribution in [0.15, 0.2) is 18.2 Å². The molecule has 0 aliphatic carbocycles. The Bertz CT molecular complexity index is 806. The van der Waals surface area contributed by atoms with Crippen LogP contribution in [0.2, 0.25) is 0 Å². The van der Waals surface area contributed by atoms with E-state index in [1.165, 1.54) is 11.1 Å². The summed E-state index contributed by atoms with van der Waals surface area (Å²) in [7, 11) is 0. The van der Waals surface area contributed by atoms with E-state index < -0.39 is 0 Å². The van der Waals surface area contributed by atoms with Gasteiger partial charge in [0.05, 0.1) is 16.7 Å². The number of rotatable bonds is 2. The van der Waals surface area contributed by atoms with Gasteiger partial charge in [-0.15, -0.1) is 0 Å². The predicted octanol–water partition coefficient (Wildman–Crippen LogP) is 4.94. The summed E-state index contributed by atoms with van der Waals surface area (Å²) in [6.07, 6.45) is 4.01. The summed E-state index contributed by atoms with van der Waals surface area (Å²) in [5, 5.41) is 7.43. The lowest BCUT2D eigenvalue weighted by atomic mass is 10.1. The molecule has 0 bridgehead atoms. The minimum Gasteiger partial charge on any atom is -0.337 e. The van der Waals surface area contributed by atoms with E-state index in [4.69, 9.17) is 4.98 Å². The third kappa shape index (κ3) is 2.69. The van der Waals surface area contributed by atoms with E-state index in [-0.39, 0.29) is 0 Å². The summed E-state index contributed by atoms with van der Waals surface area (Å²) in [4.78, 5) is 8.07. The van der Waals surface area contributed by atoms with Crippen LogP contribution in [0, 0.1) is 20.8 Å². The number of aromatic amines is 2. The van der Waals surface area contributed by atoms with Gasteiger partial charge >= 0.3 is 0 Å². The fraction of sp³-hybridized carbons (Fsp3) is 0.333. The minimum absolute atomic E-state index is 0.818. The second-order valence-corrected chi connectivity index (χ2v) is 5.10. The predicted molar refractivity (Wildman–Crippen MR) is 93.9 cm³/mol. The van der Waals surface area contributed by atoms with Crippen LogP contribution in [0.4, 0.5) is 0 Å². The number of hydrogen-bond donors (Lipinski definition) is 2. The molecule has 0 aliphatic rings. The van der Waals surface area contributed by atoms with Gasteiger partial charge in [-0.3, -0.25) is 5.10 Å². The van der Waals surface area contributed by atoms with E-state index in [9.17, 15) is 0 Å². The van der Waals surface area contributed by atoms with Crippen molar-refractivity contribution >= 4 is 17.1 Å². The number of nitrogens with one attached hydrogen (secondary N) is 2. The van der Waals surface area contributed by atoms with Gasteiger partial charge in [-0.05, 0) is 51.0 Å². The minimum atomic E-state index is 0.818. The summed E-state index contributed by atoms with van der Waals surface area (Å²) in [5.74, 6) is 0.818. The van der Waals surface area contributed by atoms with Crippen molar-refractivity contribution in [2.45, 2.75) is 41.5 Å². The van der Waals surface area contributed by atoms with Crippen LogP contribution >= 0.6 is 0 Å². The van der Waals surface area contributed by atoms with Crippen molar-refractivity contribution in [2.75, 3.05) is 0 Å². The van der Waals surface area contributed by atoms with Gasteiger partial charge in [-0.25, -0.2) is 4.98 Å². The van der Waals surface area contributed by atoms with Crippen LogP contribution < -0.4 is 0 Å². The molecule has 0 saturated carbocycles. The highest BCUT2D eigenvalue weighted by Gasteiger charge is 2.14. The maximum atomic E-state index is 4.72. The van der Waals surface area contributed by atoms with Crippen molar-refractivity contribution in [2.24, 2.45) is 0 Å². The van der Waals surface area contributed by atoms with Gasteiger partial charge in [-0.2, -0.15) is 5.10 Å². The molecule has 0 fully saturated rings. The summed E-state index contributed by atoms with van der Waals surface area (Å²) in [6.45, 7) is 12.3. The maximum absolute atomic E-state index is 4.72. The van der Waals surface area contributed by atoms with E-state index in [1.54, 1.807) is 0 Å². The van der Waals surface area contributed by atoms with Crippen LogP contribution in [-0.4, -0.2) is 20.2 Å². The highest BCUT2D eigenvalue weighted by Crippen LogP contribution is 2.26. The molecule has 0 amide bonds. The normalized spacial score (nSPS) is 11.0. The third-order valence-electron chi connectivity index (χ3n) is 3.78. The lowest BCUT2D eigenvalue weighted by Crippen LogP contribution is -1.84. The zero-order valence-electron chi connectivity index (χ0n) is 14.2. The Balaban J connectivity index is 0.000000847. The Kier molecular flexibility index (Phi) is 4.81. The largest absolute Gasteiger partial charge is 0.337 e. The molecule has 2 heterocycles. The van der Waals surface area contributed by atoms with Crippen LogP contribution in [0.1, 0.15) is 43.2 Å². The van der Waals surface area contributed by atoms with E-state index in [0.29, 0.717) is 0 Å². The standard InChI is InChI=1S/C16H18N4.C2H6/c1-5-6-12-11(4)15(20-19-12)16-17-13-8-7-9(2)10(3)14(13)18-16;1-2/h5-8H,1-4H3,(H,17,18)(H,19,20);1-2H3/b6-5-;. The topological polar surface area (TPSA) is 57.4 Å². The van der Waals surface area contributed by atoms with E-state index in [2.05, 4.69) is 48.1 Å². The van der Waals surface area contributed by atoms with Crippen molar-refractivity contribution in [3.05, 3.63) is 40.6 Å². The monoisotopic (exact) mass is 296 g/mol. The lowest BCUT2D eigenvalue weighted by Gasteiger charge is -1.98. The highest BCUT2D eigenvalue weighted by molar-refractivity contribution is 5.83. The first-order valence-corrected chi connectivity index (χ1v) is 7.75. The van der Waals surface area contributed by atoms with Crippen molar-refractivity contribution < 1.29 is 0 Å². The average Bonchev–Trinajstić information content (AvgIpc) is 3.11. The number of aromatic nitrogens is 4. The SMILES string of the molecule is C/C=C\c1[nH]nc(-c2nc3c(C)c(C)ccc3[nH]2)c1C.CC. The van der Waals surface area contributed by atoms with Gasteiger partial charge in [0.2, 0.25) is 0 Å². The second-order valence-electron chi connectivity index (χ2n) is 5.10. The van der Waals surface area contributed by atoms with Gasteiger partial charge in [-0.1, -0.05) is 26.0 Å². The Morgan fingerprint density at radius 3 is 2.45 bits per heavy atom. The molecule has 0 saturated heterocycles. The third-order valence-corrected chi connectivity index (χ3v) is 3.78. The molecule has 4 nitrogen and oxygen atoms in total. The lowest BCUT2D eigenvalue weighted by molar-refractivity contribution is 1.07. The molecule has 0 atom stereocenters. The Morgan fingerprint density at radius 1 is 1.05 bits per heavy atom. The van der Waals surface area contributed by atoms with E-state index >= 15 is 0 Å². The van der Waals surface area contributed by atoms with E-state index in [1.807, 2.05) is 32.9 Å². The molecule has 3 aromatic rings. The fourth-order valence-corrected chi connectivity index (χ4v) is 2.40. The molecule has 1 aromatic carbocycles. The first kappa shape index (κ1) is 16.0. The Morgan fingerprint density at radius 2 is 1.77 bits per heavy atom. The second kappa shape index (κ2) is 6.60. The van der Waals surface area contributed by atoms with Crippen molar-refractivity contribution in [1.82, 2.24) is 20.2 Å². The molecule has 0 unspecified atom stereocenters. The molecular weight excluding hydrogens is 272 g/mol. The Hall–Kier alpha value is -2.36. The first-order valence-electron chi connectivity index (χ1n) is 7.75. The Labute approximate surface area is 131 Å². The van der Waals surface area contributed by atoms with Crippen molar-refractivity contribution in [3.8, 4) is 11.5 Å². The molecule has 22 heavy (non-hydrogen) atoms. The van der Waals surface area contributed by atoms with Gasteiger partial charge in [0, 0.05) is 5.56 Å². The maximum Gasteiger partial charge on any atom is 0.159 e. The summed E-state index contributed by atoms with van der Waals surface area (Å²) >= 11 is 0. The number of imidazole rings is 1. The smallest absolute Gasteiger partial charge is 0.159 e. The van der Waals surface area contributed by atoms with Crippen LogP contribution in [0.25, 0.3) is 28.6 Å². The van der Waals surface area contributed by atoms with Gasteiger partial charge in [0.25, 0.3) is 0 Å². The van der Waals surface area contributed by atoms with Crippen LogP contribution in [0.3, 0.4) is 0 Å². The summed E-state index contributed by atoms with van der Waals surface area (Å²) in [5.41, 5.74) is 7.56. The van der Waals surface area contributed by atoms with Crippen LogP contribution in [-0.2, 0) is 0 Å². The van der Waals surface area contributed by atoms with Crippen molar-refractivity contribution in [3.63, 3.8) is 0 Å². The number of nitrogens with zero attached hydrogens (tertiary/aromatic N) is 2. The molecular formula is C18H24N4. The number of H-pyrrole nitrogens is 2.